The Bertz CT molecular complexity index is 138. The van der Waals surface area contributed by atoms with Gasteiger partial charge in [-0.25, -0.2) is 0 Å². The van der Waals surface area contributed by atoms with E-state index in [-0.39, 0.29) is 25.5 Å². The van der Waals surface area contributed by atoms with Gasteiger partial charge >= 0.3 is 14.4 Å². The van der Waals surface area contributed by atoms with Gasteiger partial charge in [0, 0.05) is 23.4 Å². The minimum absolute atomic E-state index is 0. The average Bonchev–Trinajstić information content (AvgIpc) is 1.88. The molecule has 0 heterocycles. The van der Waals surface area contributed by atoms with Gasteiger partial charge in [0.15, 0.2) is 0 Å². The van der Waals surface area contributed by atoms with Crippen molar-refractivity contribution in [1.29, 1.82) is 0 Å². The Labute approximate surface area is 77.5 Å². The van der Waals surface area contributed by atoms with E-state index in [1.165, 1.54) is 0 Å². The van der Waals surface area contributed by atoms with E-state index in [2.05, 4.69) is 13.8 Å². The fraction of sp³-hybridized carbons (Fsp3) is 0.750. The van der Waals surface area contributed by atoms with Gasteiger partial charge in [0.25, 0.3) is 0 Å². The van der Waals surface area contributed by atoms with Gasteiger partial charge in [-0.15, -0.1) is 9.05 Å². The van der Waals surface area contributed by atoms with E-state index in [0.717, 1.165) is 7.11 Å². The smallest absolute Gasteiger partial charge is 0.435 e. The first-order chi connectivity index (χ1) is 4.70. The van der Waals surface area contributed by atoms with Crippen LogP contribution in [0.3, 0.4) is 0 Å². The maximum absolute atomic E-state index is 10.4. The Morgan fingerprint density at radius 1 is 1.55 bits per heavy atom. The van der Waals surface area contributed by atoms with Crippen LogP contribution in [-0.4, -0.2) is 38.7 Å². The van der Waals surface area contributed by atoms with Gasteiger partial charge < -0.3 is 4.74 Å². The molecule has 1 unspecified atom stereocenters. The van der Waals surface area contributed by atoms with Crippen molar-refractivity contribution >= 4 is 33.3 Å². The summed E-state index contributed by atoms with van der Waals surface area (Å²) in [6.45, 7) is 1.86. The Hall–Kier alpha value is -0.0726. The largest absolute Gasteiger partial charge is 0.756 e. The molecule has 0 bridgehead atoms. The Morgan fingerprint density at radius 2 is 2.09 bits per heavy atom. The molecule has 59 valence electrons. The topological polar surface area (TPSA) is 61.8 Å². The number of rotatable bonds is 3. The van der Waals surface area contributed by atoms with Crippen molar-refractivity contribution in [2.45, 2.75) is 6.92 Å². The normalized spacial score (nSPS) is 9.45. The van der Waals surface area contributed by atoms with Gasteiger partial charge in [0.2, 0.25) is 0 Å². The van der Waals surface area contributed by atoms with Crippen LogP contribution in [0.1, 0.15) is 6.92 Å². The number of hydrogen-bond acceptors (Lipinski definition) is 5. The number of hydrogen-bond donors (Lipinski definition) is 0. The quantitative estimate of drug-likeness (QED) is 0.364. The fourth-order valence-corrected chi connectivity index (χ4v) is 0.690. The number of carbonyl (C=O) groups excluding carboxylic acids is 1. The first-order valence-electron chi connectivity index (χ1n) is 2.56. The summed E-state index contributed by atoms with van der Waals surface area (Å²) in [5.74, 6) is 0. The first-order valence-corrected chi connectivity index (χ1v) is 3.66. The Balaban J connectivity index is 0. The molecule has 1 radical (unpaired) electrons. The molecule has 0 saturated heterocycles. The Morgan fingerprint density at radius 3 is 2.45 bits per heavy atom. The summed E-state index contributed by atoms with van der Waals surface area (Å²) >= 11 is 0. The van der Waals surface area contributed by atoms with Crippen LogP contribution >= 0.6 is 8.25 Å². The van der Waals surface area contributed by atoms with Crippen molar-refractivity contribution in [3.05, 3.63) is 0 Å². The molecule has 0 aromatic heterocycles. The van der Waals surface area contributed by atoms with Gasteiger partial charge in [0.1, 0.15) is 6.61 Å². The van der Waals surface area contributed by atoms with E-state index in [1.807, 2.05) is 0 Å². The summed E-state index contributed by atoms with van der Waals surface area (Å²) in [6, 6.07) is 0. The summed E-state index contributed by atoms with van der Waals surface area (Å²) in [5.41, 5.74) is 0. The first kappa shape index (κ1) is 13.5. The van der Waals surface area contributed by atoms with Gasteiger partial charge in [-0.05, 0) is 6.92 Å². The predicted molar refractivity (Wildman–Crippen MR) is 38.5 cm³/mol. The number of carbonyl (C=O) groups is 1. The van der Waals surface area contributed by atoms with Crippen molar-refractivity contribution in [3.8, 4) is 0 Å². The van der Waals surface area contributed by atoms with E-state index in [1.54, 1.807) is 6.92 Å². The standard InChI is InChI=1S/C4H8O5P.Li/c1-3-8-10(6)9-4(5)7-2;/h3H2,1-2H3;/q+1;. The third-order valence-electron chi connectivity index (χ3n) is 0.550. The van der Waals surface area contributed by atoms with Gasteiger partial charge in [-0.3, -0.25) is 0 Å². The maximum atomic E-state index is 10.4. The number of ether oxygens (including phenoxy) is 1. The zero-order valence-electron chi connectivity index (χ0n) is 6.70. The molecule has 0 aliphatic carbocycles. The average molecular weight is 174 g/mol. The second kappa shape index (κ2) is 8.03. The van der Waals surface area contributed by atoms with Crippen molar-refractivity contribution in [2.24, 2.45) is 0 Å². The minimum Gasteiger partial charge on any atom is -0.435 e. The zero-order chi connectivity index (χ0) is 7.98. The van der Waals surface area contributed by atoms with E-state index in [9.17, 15) is 9.36 Å². The van der Waals surface area contributed by atoms with Gasteiger partial charge in [-0.2, -0.15) is 4.79 Å². The Kier molecular flexibility index (Phi) is 9.86. The molecule has 1 atom stereocenters. The second-order valence-corrected chi connectivity index (χ2v) is 2.07. The van der Waals surface area contributed by atoms with Crippen molar-refractivity contribution < 1.29 is 23.1 Å². The van der Waals surface area contributed by atoms with Crippen molar-refractivity contribution in [3.63, 3.8) is 0 Å². The van der Waals surface area contributed by atoms with Crippen LogP contribution in [0.4, 0.5) is 4.79 Å². The van der Waals surface area contributed by atoms with E-state index < -0.39 is 14.4 Å². The van der Waals surface area contributed by atoms with Crippen LogP contribution in [0.15, 0.2) is 0 Å². The van der Waals surface area contributed by atoms with E-state index in [4.69, 9.17) is 0 Å². The fourth-order valence-electron chi connectivity index (χ4n) is 0.230. The van der Waals surface area contributed by atoms with Gasteiger partial charge in [0.05, 0.1) is 7.11 Å². The molecule has 0 rings (SSSR count). The molecule has 5 nitrogen and oxygen atoms in total. The summed E-state index contributed by atoms with van der Waals surface area (Å²) < 4.78 is 22.9. The van der Waals surface area contributed by atoms with E-state index >= 15 is 0 Å². The summed E-state index contributed by atoms with van der Waals surface area (Å²) in [4.78, 5) is 10.2. The van der Waals surface area contributed by atoms with Crippen LogP contribution in [0.2, 0.25) is 0 Å². The molecule has 0 spiro atoms. The zero-order valence-corrected chi connectivity index (χ0v) is 7.59. The predicted octanol–water partition coefficient (Wildman–Crippen LogP) is 1.08. The molecule has 0 aliphatic heterocycles. The molecule has 0 amide bonds. The molecular formula is C4H8LiO5P+. The van der Waals surface area contributed by atoms with Crippen LogP contribution in [0.25, 0.3) is 0 Å². The minimum atomic E-state index is -2.35. The monoisotopic (exact) mass is 174 g/mol. The van der Waals surface area contributed by atoms with Crippen molar-refractivity contribution in [1.82, 2.24) is 0 Å². The van der Waals surface area contributed by atoms with E-state index in [0.29, 0.717) is 0 Å². The second-order valence-electron chi connectivity index (χ2n) is 1.19. The summed E-state index contributed by atoms with van der Waals surface area (Å²) in [6.07, 6.45) is -1.01. The van der Waals surface area contributed by atoms with Crippen LogP contribution in [0, 0.1) is 0 Å². The molecule has 0 N–H and O–H groups in total. The third kappa shape index (κ3) is 7.83. The number of methoxy groups -OCH3 is 1. The molecule has 0 saturated carbocycles. The molecule has 11 heavy (non-hydrogen) atoms. The van der Waals surface area contributed by atoms with Crippen LogP contribution < -0.4 is 0 Å². The summed E-state index contributed by atoms with van der Waals surface area (Å²) in [7, 11) is -1.23. The summed E-state index contributed by atoms with van der Waals surface area (Å²) in [5, 5.41) is 0. The SMILES string of the molecule is CCO[P+](=O)OC(=O)OC.[Li]. The molecule has 0 aliphatic rings. The molecule has 0 fully saturated rings. The molecule has 0 aromatic carbocycles. The molecule has 0 aromatic rings. The van der Waals surface area contributed by atoms with Crippen LogP contribution in [0.5, 0.6) is 0 Å². The third-order valence-corrected chi connectivity index (χ3v) is 1.32. The maximum Gasteiger partial charge on any atom is 0.756 e. The van der Waals surface area contributed by atoms with Crippen LogP contribution in [-0.2, 0) is 18.3 Å². The molecular weight excluding hydrogens is 166 g/mol. The molecule has 7 heteroatoms. The van der Waals surface area contributed by atoms with Crippen molar-refractivity contribution in [2.75, 3.05) is 13.7 Å². The van der Waals surface area contributed by atoms with Gasteiger partial charge in [-0.1, -0.05) is 0 Å².